The summed E-state index contributed by atoms with van der Waals surface area (Å²) in [5, 5.41) is 11.5. The fourth-order valence-electron chi connectivity index (χ4n) is 1.48. The van der Waals surface area contributed by atoms with Crippen LogP contribution in [-0.4, -0.2) is 23.0 Å². The molecule has 15 heavy (non-hydrogen) atoms. The maximum Gasteiger partial charge on any atom is 0.331 e. The smallest absolute Gasteiger partial charge is 0.331 e. The van der Waals surface area contributed by atoms with Crippen molar-refractivity contribution in [2.45, 2.75) is 39.7 Å². The molecular formula is C11H17NO3. The first-order valence-corrected chi connectivity index (χ1v) is 5.19. The van der Waals surface area contributed by atoms with E-state index in [0.717, 1.165) is 12.8 Å². The Morgan fingerprint density at radius 1 is 1.33 bits per heavy atom. The van der Waals surface area contributed by atoms with Crippen molar-refractivity contribution in [3.05, 3.63) is 11.1 Å². The van der Waals surface area contributed by atoms with Gasteiger partial charge in [-0.1, -0.05) is 13.3 Å². The SMILES string of the molecule is CCC1CC1NC(=O)C(C)=C(C)C(=O)O. The van der Waals surface area contributed by atoms with Gasteiger partial charge in [0.15, 0.2) is 0 Å². The summed E-state index contributed by atoms with van der Waals surface area (Å²) in [5.41, 5.74) is 0.408. The highest BCUT2D eigenvalue weighted by Crippen LogP contribution is 2.33. The number of rotatable bonds is 4. The molecule has 2 atom stereocenters. The Morgan fingerprint density at radius 3 is 2.33 bits per heavy atom. The molecule has 0 spiro atoms. The highest BCUT2D eigenvalue weighted by atomic mass is 16.4. The monoisotopic (exact) mass is 211 g/mol. The molecule has 1 saturated carbocycles. The molecule has 1 aliphatic carbocycles. The van der Waals surface area contributed by atoms with Crippen LogP contribution >= 0.6 is 0 Å². The highest BCUT2D eigenvalue weighted by Gasteiger charge is 2.36. The van der Waals surface area contributed by atoms with Gasteiger partial charge in [0.1, 0.15) is 0 Å². The minimum Gasteiger partial charge on any atom is -0.478 e. The molecule has 1 aliphatic rings. The van der Waals surface area contributed by atoms with Gasteiger partial charge in [-0.3, -0.25) is 4.79 Å². The van der Waals surface area contributed by atoms with Gasteiger partial charge < -0.3 is 10.4 Å². The number of hydrogen-bond acceptors (Lipinski definition) is 2. The average Bonchev–Trinajstić information content (AvgIpc) is 2.93. The van der Waals surface area contributed by atoms with Gasteiger partial charge in [-0.25, -0.2) is 4.79 Å². The lowest BCUT2D eigenvalue weighted by Gasteiger charge is -2.05. The lowest BCUT2D eigenvalue weighted by atomic mass is 10.1. The molecular weight excluding hydrogens is 194 g/mol. The minimum atomic E-state index is -1.04. The van der Waals surface area contributed by atoms with E-state index < -0.39 is 5.97 Å². The third-order valence-corrected chi connectivity index (χ3v) is 2.99. The van der Waals surface area contributed by atoms with Crippen LogP contribution in [0.15, 0.2) is 11.1 Å². The summed E-state index contributed by atoms with van der Waals surface area (Å²) < 4.78 is 0. The molecule has 0 radical (unpaired) electrons. The summed E-state index contributed by atoms with van der Waals surface area (Å²) >= 11 is 0. The molecule has 0 aliphatic heterocycles. The van der Waals surface area contributed by atoms with Crippen LogP contribution < -0.4 is 5.32 Å². The lowest BCUT2D eigenvalue weighted by Crippen LogP contribution is -2.28. The molecule has 0 aromatic heterocycles. The van der Waals surface area contributed by atoms with Gasteiger partial charge in [-0.05, 0) is 26.2 Å². The van der Waals surface area contributed by atoms with Gasteiger partial charge in [0.05, 0.1) is 0 Å². The number of aliphatic carboxylic acids is 1. The Hall–Kier alpha value is -1.32. The number of carboxylic acid groups (broad SMARTS) is 1. The molecule has 1 amide bonds. The summed E-state index contributed by atoms with van der Waals surface area (Å²) in [5.74, 6) is -0.715. The Kier molecular flexibility index (Phi) is 3.50. The number of hydrogen-bond donors (Lipinski definition) is 2. The number of nitrogens with one attached hydrogen (secondary N) is 1. The minimum absolute atomic E-state index is 0.112. The summed E-state index contributed by atoms with van der Waals surface area (Å²) in [6.07, 6.45) is 2.08. The molecule has 2 N–H and O–H groups in total. The zero-order chi connectivity index (χ0) is 11.6. The highest BCUT2D eigenvalue weighted by molar-refractivity contribution is 6.01. The van der Waals surface area contributed by atoms with E-state index in [1.54, 1.807) is 6.92 Å². The van der Waals surface area contributed by atoms with E-state index in [4.69, 9.17) is 5.11 Å². The van der Waals surface area contributed by atoms with Crippen LogP contribution in [-0.2, 0) is 9.59 Å². The fourth-order valence-corrected chi connectivity index (χ4v) is 1.48. The number of carbonyl (C=O) groups is 2. The second kappa shape index (κ2) is 4.47. The molecule has 2 unspecified atom stereocenters. The molecule has 1 rings (SSSR count). The Bertz CT molecular complexity index is 320. The zero-order valence-electron chi connectivity index (χ0n) is 9.33. The molecule has 0 aromatic rings. The summed E-state index contributed by atoms with van der Waals surface area (Å²) in [6.45, 7) is 5.07. The maximum atomic E-state index is 11.6. The Labute approximate surface area is 89.4 Å². The number of carbonyl (C=O) groups excluding carboxylic acids is 1. The fraction of sp³-hybridized carbons (Fsp3) is 0.636. The second-order valence-electron chi connectivity index (χ2n) is 4.04. The predicted molar refractivity (Wildman–Crippen MR) is 56.3 cm³/mol. The van der Waals surface area contributed by atoms with Crippen molar-refractivity contribution in [2.75, 3.05) is 0 Å². The van der Waals surface area contributed by atoms with E-state index in [9.17, 15) is 9.59 Å². The predicted octanol–water partition coefficient (Wildman–Crippen LogP) is 1.32. The number of amides is 1. The molecule has 0 heterocycles. The Balaban J connectivity index is 2.55. The van der Waals surface area contributed by atoms with E-state index in [0.29, 0.717) is 11.5 Å². The van der Waals surface area contributed by atoms with Gasteiger partial charge in [-0.2, -0.15) is 0 Å². The molecule has 0 bridgehead atoms. The van der Waals surface area contributed by atoms with Gasteiger partial charge in [0.2, 0.25) is 5.91 Å². The first kappa shape index (κ1) is 11.8. The standard InChI is InChI=1S/C11H17NO3/c1-4-8-5-9(8)12-10(13)6(2)7(3)11(14)15/h8-9H,4-5H2,1-3H3,(H,12,13)(H,14,15). The van der Waals surface area contributed by atoms with Crippen molar-refractivity contribution in [1.29, 1.82) is 0 Å². The molecule has 1 fully saturated rings. The van der Waals surface area contributed by atoms with Gasteiger partial charge in [0.25, 0.3) is 0 Å². The van der Waals surface area contributed by atoms with Crippen LogP contribution in [0.1, 0.15) is 33.6 Å². The van der Waals surface area contributed by atoms with Crippen LogP contribution in [0.2, 0.25) is 0 Å². The maximum absolute atomic E-state index is 11.6. The van der Waals surface area contributed by atoms with Crippen molar-refractivity contribution in [2.24, 2.45) is 5.92 Å². The summed E-state index contributed by atoms with van der Waals surface area (Å²) in [4.78, 5) is 22.2. The van der Waals surface area contributed by atoms with Crippen molar-refractivity contribution in [3.8, 4) is 0 Å². The first-order valence-electron chi connectivity index (χ1n) is 5.19. The van der Waals surface area contributed by atoms with Crippen molar-refractivity contribution < 1.29 is 14.7 Å². The quantitative estimate of drug-likeness (QED) is 0.689. The van der Waals surface area contributed by atoms with Gasteiger partial charge in [0, 0.05) is 17.2 Å². The Morgan fingerprint density at radius 2 is 1.93 bits per heavy atom. The van der Waals surface area contributed by atoms with Crippen molar-refractivity contribution in [3.63, 3.8) is 0 Å². The largest absolute Gasteiger partial charge is 0.478 e. The van der Waals surface area contributed by atoms with Crippen LogP contribution in [0.3, 0.4) is 0 Å². The molecule has 0 saturated heterocycles. The van der Waals surface area contributed by atoms with E-state index in [2.05, 4.69) is 12.2 Å². The van der Waals surface area contributed by atoms with E-state index in [1.807, 2.05) is 0 Å². The van der Waals surface area contributed by atoms with E-state index in [1.165, 1.54) is 6.92 Å². The van der Waals surface area contributed by atoms with Crippen LogP contribution in [0.25, 0.3) is 0 Å². The lowest BCUT2D eigenvalue weighted by molar-refractivity contribution is -0.133. The van der Waals surface area contributed by atoms with E-state index in [-0.39, 0.29) is 17.5 Å². The number of carboxylic acids is 1. The second-order valence-corrected chi connectivity index (χ2v) is 4.04. The first-order chi connectivity index (χ1) is 6.97. The summed E-state index contributed by atoms with van der Waals surface area (Å²) in [7, 11) is 0. The molecule has 84 valence electrons. The third kappa shape index (κ3) is 2.81. The van der Waals surface area contributed by atoms with Crippen LogP contribution in [0.5, 0.6) is 0 Å². The van der Waals surface area contributed by atoms with Crippen LogP contribution in [0, 0.1) is 5.92 Å². The third-order valence-electron chi connectivity index (χ3n) is 2.99. The molecule has 4 heteroatoms. The average molecular weight is 211 g/mol. The van der Waals surface area contributed by atoms with Crippen molar-refractivity contribution in [1.82, 2.24) is 5.32 Å². The van der Waals surface area contributed by atoms with E-state index >= 15 is 0 Å². The molecule has 4 nitrogen and oxygen atoms in total. The topological polar surface area (TPSA) is 66.4 Å². The van der Waals surface area contributed by atoms with Crippen molar-refractivity contribution >= 4 is 11.9 Å². The summed E-state index contributed by atoms with van der Waals surface area (Å²) in [6, 6.07) is 0.249. The zero-order valence-corrected chi connectivity index (χ0v) is 9.33. The van der Waals surface area contributed by atoms with Crippen LogP contribution in [0.4, 0.5) is 0 Å². The van der Waals surface area contributed by atoms with Gasteiger partial charge in [-0.15, -0.1) is 0 Å². The van der Waals surface area contributed by atoms with Gasteiger partial charge >= 0.3 is 5.97 Å². The molecule has 0 aromatic carbocycles. The normalized spacial score (nSPS) is 25.5.